The van der Waals surface area contributed by atoms with Crippen molar-refractivity contribution < 1.29 is 19.1 Å². The number of ether oxygens (including phenoxy) is 2. The van der Waals surface area contributed by atoms with Crippen molar-refractivity contribution in [3.63, 3.8) is 0 Å². The molecule has 0 saturated heterocycles. The summed E-state index contributed by atoms with van der Waals surface area (Å²) in [6.07, 6.45) is 2.40. The second-order valence-corrected chi connectivity index (χ2v) is 5.64. The number of benzene rings is 2. The molecule has 0 heterocycles. The van der Waals surface area contributed by atoms with Gasteiger partial charge in [-0.3, -0.25) is 9.59 Å². The first kappa shape index (κ1) is 16.3. The highest BCUT2D eigenvalue weighted by atomic mass is 16.7. The van der Waals surface area contributed by atoms with E-state index >= 15 is 0 Å². The van der Waals surface area contributed by atoms with Gasteiger partial charge in [0.1, 0.15) is 0 Å². The zero-order chi connectivity index (χ0) is 16.8. The summed E-state index contributed by atoms with van der Waals surface area (Å²) in [4.78, 5) is 24.3. The average Bonchev–Trinajstić information content (AvgIpc) is 2.63. The van der Waals surface area contributed by atoms with E-state index in [1.807, 2.05) is 60.7 Å². The molecule has 0 spiro atoms. The Morgan fingerprint density at radius 1 is 0.750 bits per heavy atom. The van der Waals surface area contributed by atoms with Gasteiger partial charge in [0.25, 0.3) is 0 Å². The number of ketones is 2. The van der Waals surface area contributed by atoms with Crippen LogP contribution in [0.3, 0.4) is 0 Å². The summed E-state index contributed by atoms with van der Waals surface area (Å²) in [5, 5.41) is 0. The lowest BCUT2D eigenvalue weighted by molar-refractivity contribution is -0.237. The normalized spacial score (nSPS) is 16.3. The van der Waals surface area contributed by atoms with E-state index in [2.05, 4.69) is 0 Å². The molecule has 4 nitrogen and oxygen atoms in total. The summed E-state index contributed by atoms with van der Waals surface area (Å²) in [6, 6.07) is 19.0. The molecule has 0 N–H and O–H groups in total. The van der Waals surface area contributed by atoms with Crippen LogP contribution >= 0.6 is 0 Å². The lowest BCUT2D eigenvalue weighted by Gasteiger charge is -2.32. The SMILES string of the molecule is O=C1C=CC(=O)C(OCc2ccccc2)(OCc2ccccc2)C1. The first-order valence-electron chi connectivity index (χ1n) is 7.79. The van der Waals surface area contributed by atoms with E-state index in [4.69, 9.17) is 9.47 Å². The van der Waals surface area contributed by atoms with Crippen LogP contribution in [0.25, 0.3) is 0 Å². The van der Waals surface area contributed by atoms with Crippen molar-refractivity contribution in [1.82, 2.24) is 0 Å². The van der Waals surface area contributed by atoms with E-state index in [9.17, 15) is 9.59 Å². The quantitative estimate of drug-likeness (QED) is 0.766. The van der Waals surface area contributed by atoms with Gasteiger partial charge in [0.2, 0.25) is 11.6 Å². The fourth-order valence-corrected chi connectivity index (χ4v) is 2.51. The van der Waals surface area contributed by atoms with Crippen LogP contribution in [0.1, 0.15) is 17.5 Å². The molecule has 1 aliphatic rings. The van der Waals surface area contributed by atoms with Crippen LogP contribution in [0.15, 0.2) is 72.8 Å². The van der Waals surface area contributed by atoms with Crippen LogP contribution in [0.5, 0.6) is 0 Å². The molecule has 2 aromatic carbocycles. The second-order valence-electron chi connectivity index (χ2n) is 5.64. The maximum Gasteiger partial charge on any atom is 0.241 e. The Labute approximate surface area is 140 Å². The molecule has 0 amide bonds. The van der Waals surface area contributed by atoms with Gasteiger partial charge >= 0.3 is 0 Å². The molecule has 0 bridgehead atoms. The van der Waals surface area contributed by atoms with E-state index in [1.54, 1.807) is 0 Å². The summed E-state index contributed by atoms with van der Waals surface area (Å²) in [6.45, 7) is 0.394. The molecule has 0 aromatic heterocycles. The van der Waals surface area contributed by atoms with Crippen LogP contribution < -0.4 is 0 Å². The highest BCUT2D eigenvalue weighted by Gasteiger charge is 2.43. The topological polar surface area (TPSA) is 52.6 Å². The maximum absolute atomic E-state index is 12.4. The minimum atomic E-state index is -1.56. The van der Waals surface area contributed by atoms with Crippen molar-refractivity contribution in [2.45, 2.75) is 25.4 Å². The fourth-order valence-electron chi connectivity index (χ4n) is 2.51. The van der Waals surface area contributed by atoms with Crippen molar-refractivity contribution in [2.24, 2.45) is 0 Å². The molecule has 24 heavy (non-hydrogen) atoms. The number of carbonyl (C=O) groups is 2. The number of rotatable bonds is 6. The molecule has 0 fully saturated rings. The Morgan fingerprint density at radius 2 is 1.25 bits per heavy atom. The van der Waals surface area contributed by atoms with Gasteiger partial charge in [0.05, 0.1) is 19.6 Å². The first-order valence-corrected chi connectivity index (χ1v) is 7.79. The van der Waals surface area contributed by atoms with E-state index in [-0.39, 0.29) is 31.2 Å². The monoisotopic (exact) mass is 322 g/mol. The molecular formula is C20H18O4. The van der Waals surface area contributed by atoms with E-state index < -0.39 is 5.79 Å². The van der Waals surface area contributed by atoms with Gasteiger partial charge in [0, 0.05) is 0 Å². The van der Waals surface area contributed by atoms with Gasteiger partial charge in [-0.05, 0) is 23.3 Å². The van der Waals surface area contributed by atoms with Crippen LogP contribution in [-0.2, 0) is 32.3 Å². The van der Waals surface area contributed by atoms with Crippen molar-refractivity contribution in [2.75, 3.05) is 0 Å². The average molecular weight is 322 g/mol. The highest BCUT2D eigenvalue weighted by Crippen LogP contribution is 2.27. The number of carbonyl (C=O) groups excluding carboxylic acids is 2. The highest BCUT2D eigenvalue weighted by molar-refractivity contribution is 6.08. The Kier molecular flexibility index (Phi) is 4.99. The molecule has 0 aliphatic heterocycles. The van der Waals surface area contributed by atoms with Gasteiger partial charge in [-0.2, -0.15) is 0 Å². The van der Waals surface area contributed by atoms with E-state index in [0.29, 0.717) is 0 Å². The summed E-state index contributed by atoms with van der Waals surface area (Å²) < 4.78 is 11.6. The maximum atomic E-state index is 12.4. The molecule has 0 atom stereocenters. The van der Waals surface area contributed by atoms with E-state index in [1.165, 1.54) is 12.2 Å². The minimum absolute atomic E-state index is 0.109. The molecule has 0 saturated carbocycles. The van der Waals surface area contributed by atoms with Gasteiger partial charge in [0.15, 0.2) is 5.78 Å². The van der Waals surface area contributed by atoms with Gasteiger partial charge in [-0.25, -0.2) is 0 Å². The molecule has 0 radical (unpaired) electrons. The van der Waals surface area contributed by atoms with E-state index in [0.717, 1.165) is 11.1 Å². The third-order valence-electron chi connectivity index (χ3n) is 3.83. The minimum Gasteiger partial charge on any atom is -0.338 e. The molecule has 4 heteroatoms. The van der Waals surface area contributed by atoms with Crippen molar-refractivity contribution in [3.05, 3.63) is 83.9 Å². The lowest BCUT2D eigenvalue weighted by Crippen LogP contribution is -2.47. The molecule has 1 aliphatic carbocycles. The third kappa shape index (κ3) is 3.85. The van der Waals surface area contributed by atoms with Crippen LogP contribution in [0.4, 0.5) is 0 Å². The Hall–Kier alpha value is -2.56. The van der Waals surface area contributed by atoms with Crippen LogP contribution in [0.2, 0.25) is 0 Å². The van der Waals surface area contributed by atoms with Crippen molar-refractivity contribution in [3.8, 4) is 0 Å². The first-order chi connectivity index (χ1) is 11.7. The number of allylic oxidation sites excluding steroid dienone is 1. The summed E-state index contributed by atoms with van der Waals surface area (Å²) in [7, 11) is 0. The largest absolute Gasteiger partial charge is 0.338 e. The van der Waals surface area contributed by atoms with Gasteiger partial charge in [-0.15, -0.1) is 0 Å². The Bertz CT molecular complexity index is 691. The number of hydrogen-bond acceptors (Lipinski definition) is 4. The lowest BCUT2D eigenvalue weighted by atomic mass is 9.97. The van der Waals surface area contributed by atoms with Crippen molar-refractivity contribution >= 4 is 11.6 Å². The van der Waals surface area contributed by atoms with Crippen LogP contribution in [-0.4, -0.2) is 17.4 Å². The molecule has 0 unspecified atom stereocenters. The summed E-state index contributed by atoms with van der Waals surface area (Å²) >= 11 is 0. The smallest absolute Gasteiger partial charge is 0.241 e. The predicted octanol–water partition coefficient (Wildman–Crippen LogP) is 3.21. The summed E-state index contributed by atoms with van der Waals surface area (Å²) in [5.41, 5.74) is 1.82. The second kappa shape index (κ2) is 7.34. The molecule has 3 rings (SSSR count). The fraction of sp³-hybridized carbons (Fsp3) is 0.200. The molecular weight excluding hydrogens is 304 g/mol. The Morgan fingerprint density at radius 3 is 1.75 bits per heavy atom. The zero-order valence-corrected chi connectivity index (χ0v) is 13.2. The number of hydrogen-bond donors (Lipinski definition) is 0. The van der Waals surface area contributed by atoms with Crippen LogP contribution in [0, 0.1) is 0 Å². The molecule has 122 valence electrons. The zero-order valence-electron chi connectivity index (χ0n) is 13.2. The van der Waals surface area contributed by atoms with Crippen molar-refractivity contribution in [1.29, 1.82) is 0 Å². The third-order valence-corrected chi connectivity index (χ3v) is 3.83. The predicted molar refractivity (Wildman–Crippen MR) is 89.0 cm³/mol. The van der Waals surface area contributed by atoms with Gasteiger partial charge in [-0.1, -0.05) is 60.7 Å². The molecule has 2 aromatic rings. The van der Waals surface area contributed by atoms with Gasteiger partial charge < -0.3 is 9.47 Å². The standard InChI is InChI=1S/C20H18O4/c21-18-11-12-19(22)20(13-18,23-14-16-7-3-1-4-8-16)24-15-17-9-5-2-6-10-17/h1-12H,13-15H2. The summed E-state index contributed by atoms with van der Waals surface area (Å²) in [5.74, 6) is -2.08. The Balaban J connectivity index is 1.77.